The minimum absolute atomic E-state index is 0.0429. The Labute approximate surface area is 734 Å². The first-order valence-electron chi connectivity index (χ1n) is 49.9. The van der Waals surface area contributed by atoms with E-state index in [1.54, 1.807) is 20.8 Å². The Morgan fingerprint density at radius 2 is 0.689 bits per heavy atom. The molecule has 0 amide bonds. The first kappa shape index (κ1) is 108. The van der Waals surface area contributed by atoms with E-state index < -0.39 is 184 Å². The van der Waals surface area contributed by atoms with E-state index in [0.717, 1.165) is 141 Å². The molecule has 6 saturated heterocycles. The summed E-state index contributed by atoms with van der Waals surface area (Å²) in [6, 6.07) is 0. The summed E-state index contributed by atoms with van der Waals surface area (Å²) >= 11 is 0. The molecule has 0 aromatic carbocycles. The van der Waals surface area contributed by atoms with Crippen molar-refractivity contribution >= 4 is 23.9 Å². The van der Waals surface area contributed by atoms with Crippen molar-refractivity contribution in [3.8, 4) is 0 Å². The van der Waals surface area contributed by atoms with Crippen molar-refractivity contribution in [1.29, 1.82) is 0 Å². The average molecular weight is 1740 g/mol. The molecule has 26 heteroatoms. The second-order valence-corrected chi connectivity index (χ2v) is 36.7. The van der Waals surface area contributed by atoms with Crippen LogP contribution in [0.1, 0.15) is 421 Å². The van der Waals surface area contributed by atoms with Crippen molar-refractivity contribution in [2.45, 2.75) is 581 Å². The van der Waals surface area contributed by atoms with E-state index in [1.165, 1.54) is 161 Å². The van der Waals surface area contributed by atoms with E-state index >= 15 is 0 Å². The monoisotopic (exact) mass is 1740 g/mol. The molecule has 26 atom stereocenters. The molecular formula is C96H174O26. The van der Waals surface area contributed by atoms with Gasteiger partial charge in [-0.25, -0.2) is 0 Å². The first-order valence-corrected chi connectivity index (χ1v) is 49.9. The first-order chi connectivity index (χ1) is 59.1. The Hall–Kier alpha value is -2.84. The van der Waals surface area contributed by atoms with Crippen molar-refractivity contribution in [1.82, 2.24) is 0 Å². The smallest absolute Gasteiger partial charge is 0.306 e. The Bertz CT molecular complexity index is 2670. The maximum Gasteiger partial charge on any atom is 0.306 e. The minimum atomic E-state index is -2.06. The Morgan fingerprint density at radius 1 is 0.311 bits per heavy atom. The molecule has 0 bridgehead atoms. The number of rotatable bonds is 58. The van der Waals surface area contributed by atoms with Gasteiger partial charge in [-0.1, -0.05) is 329 Å². The molecule has 0 saturated carbocycles. The lowest BCUT2D eigenvalue weighted by Crippen LogP contribution is -2.68. The van der Waals surface area contributed by atoms with Crippen molar-refractivity contribution in [3.63, 3.8) is 0 Å². The molecule has 26 nitrogen and oxygen atoms in total. The van der Waals surface area contributed by atoms with Crippen LogP contribution in [-0.2, 0) is 85.5 Å². The molecule has 0 aromatic rings. The largest absolute Gasteiger partial charge is 0.463 e. The SMILES string of the molecule is CCCCCCCCCCCCCCCCCC(=O)OC[C@@H]1O[C@H](O[C@H]2[C@H](OC(=O)CCCCCCCCCCCCCCC)[C@@H](O[C@@H]3[C@@H](O)[C@H]4OC(=O)CCCCCCCCC[C@@H](CCCCC)O[C@@H]5O[C@@H](C)[C@H](O)[C@H](O)[C@@H]5O[C@H]4O[C@H]3C)O[C@@H](C)[C@@H]2O[C@H]2O[C@@H](C)[C@H](OC(=O)CCCCCCCCCCCCCCC)[C@@H](O)[C@@H]2O)[C@@H](O)[C@H](O)[C@H]1O. The summed E-state index contributed by atoms with van der Waals surface area (Å²) in [6.07, 6.45) is 15.1. The molecular weight excluding hydrogens is 1570 g/mol. The van der Waals surface area contributed by atoms with Crippen molar-refractivity contribution in [2.24, 2.45) is 0 Å². The fourth-order valence-electron chi connectivity index (χ4n) is 18.0. The van der Waals surface area contributed by atoms with Gasteiger partial charge in [-0.2, -0.15) is 0 Å². The Morgan fingerprint density at radius 3 is 1.19 bits per heavy atom. The summed E-state index contributed by atoms with van der Waals surface area (Å²) in [6.45, 7) is 14.5. The van der Waals surface area contributed by atoms with Crippen molar-refractivity contribution in [2.75, 3.05) is 6.61 Å². The Kier molecular flexibility index (Phi) is 56.6. The number of aliphatic hydroxyl groups excluding tert-OH is 8. The van der Waals surface area contributed by atoms with Gasteiger partial charge in [0.1, 0.15) is 86.0 Å². The fraction of sp³-hybridized carbons (Fsp3) is 0.958. The quantitative estimate of drug-likeness (QED) is 0.0159. The van der Waals surface area contributed by atoms with Crippen LogP contribution in [0.4, 0.5) is 0 Å². The number of aliphatic hydroxyl groups is 8. The van der Waals surface area contributed by atoms with E-state index in [0.29, 0.717) is 44.9 Å². The maximum absolute atomic E-state index is 14.9. The molecule has 6 rings (SSSR count). The van der Waals surface area contributed by atoms with E-state index in [-0.39, 0.29) is 31.8 Å². The fourth-order valence-corrected chi connectivity index (χ4v) is 18.0. The molecule has 6 aliphatic heterocycles. The highest BCUT2D eigenvalue weighted by molar-refractivity contribution is 5.70. The van der Waals surface area contributed by atoms with Gasteiger partial charge in [0.15, 0.2) is 49.8 Å². The molecule has 0 unspecified atom stereocenters. The molecule has 6 aliphatic rings. The van der Waals surface area contributed by atoms with E-state index in [9.17, 15) is 60.0 Å². The molecule has 0 aliphatic carbocycles. The third-order valence-electron chi connectivity index (χ3n) is 25.9. The average Bonchev–Trinajstić information content (AvgIpc) is 0.758. The Balaban J connectivity index is 1.27. The van der Waals surface area contributed by atoms with Gasteiger partial charge in [0.25, 0.3) is 0 Å². The van der Waals surface area contributed by atoms with Gasteiger partial charge in [0, 0.05) is 25.7 Å². The maximum atomic E-state index is 14.9. The normalized spacial score (nSPS) is 32.8. The number of ether oxygens (including phenoxy) is 14. The van der Waals surface area contributed by atoms with Gasteiger partial charge in [-0.05, 0) is 66.2 Å². The highest BCUT2D eigenvalue weighted by atomic mass is 16.8. The van der Waals surface area contributed by atoms with Crippen LogP contribution in [-0.4, -0.2) is 231 Å². The van der Waals surface area contributed by atoms with Crippen molar-refractivity contribution < 1.29 is 126 Å². The molecule has 0 aromatic heterocycles. The highest BCUT2D eigenvalue weighted by Crippen LogP contribution is 2.40. The standard InChI is InChI=1S/C96H174O26/c1-9-13-17-20-23-26-29-32-33-36-37-40-45-50-56-62-73(97)109-66-72-78(102)79(103)82(106)93(115-72)122-90-87(120-92-83(107)81(105)85(68(6)111-92)116-74(98)63-57-51-46-41-38-34-30-27-24-21-18-14-10-2)70(8)113-96(91(90)118-76(100)65-59-52-47-42-39-35-31-28-25-22-19-15-11-3)119-86-69(7)112-95-89(84(86)108)117-75(99)64-58-53-48-43-44-49-55-61-71(60-54-16-12-4)114-94-88(121-95)80(104)77(101)67(5)110-94/h67-72,77-96,101-108H,9-66H2,1-8H3/t67-,68-,69-,70-,71+,72-,77-,78-,79+,80-,81-,82-,83-,84+,85-,86-,87-,88-,89+,90+,91-,92+,93+,94-,95+,96+/m0/s1. The molecule has 122 heavy (non-hydrogen) atoms. The molecule has 0 radical (unpaired) electrons. The van der Waals surface area contributed by atoms with Crippen LogP contribution >= 0.6 is 0 Å². The third-order valence-corrected chi connectivity index (χ3v) is 25.9. The van der Waals surface area contributed by atoms with Gasteiger partial charge in [0.05, 0.1) is 30.5 Å². The van der Waals surface area contributed by atoms with E-state index in [1.807, 2.05) is 0 Å². The lowest BCUT2D eigenvalue weighted by molar-refractivity contribution is -0.400. The highest BCUT2D eigenvalue weighted by Gasteiger charge is 2.59. The molecule has 6 heterocycles. The van der Waals surface area contributed by atoms with Crippen LogP contribution in [0.15, 0.2) is 0 Å². The number of hydrogen-bond donors (Lipinski definition) is 8. The van der Waals surface area contributed by atoms with E-state index in [2.05, 4.69) is 27.7 Å². The number of esters is 4. The number of hydrogen-bond acceptors (Lipinski definition) is 26. The van der Waals surface area contributed by atoms with Crippen LogP contribution in [0, 0.1) is 0 Å². The lowest BCUT2D eigenvalue weighted by Gasteiger charge is -2.51. The third kappa shape index (κ3) is 40.3. The minimum Gasteiger partial charge on any atom is -0.463 e. The summed E-state index contributed by atoms with van der Waals surface area (Å²) in [5, 5.41) is 95.9. The predicted molar refractivity (Wildman–Crippen MR) is 465 cm³/mol. The number of carbonyl (C=O) groups is 4. The van der Waals surface area contributed by atoms with Gasteiger partial charge in [0.2, 0.25) is 0 Å². The zero-order valence-electron chi connectivity index (χ0n) is 76.9. The van der Waals surface area contributed by atoms with E-state index in [4.69, 9.17) is 66.3 Å². The van der Waals surface area contributed by atoms with Gasteiger partial charge in [-0.3, -0.25) is 19.2 Å². The summed E-state index contributed by atoms with van der Waals surface area (Å²) < 4.78 is 90.5. The zero-order valence-corrected chi connectivity index (χ0v) is 76.9. The van der Waals surface area contributed by atoms with Crippen LogP contribution in [0.5, 0.6) is 0 Å². The van der Waals surface area contributed by atoms with Crippen LogP contribution in [0.3, 0.4) is 0 Å². The molecule has 6 fully saturated rings. The molecule has 8 N–H and O–H groups in total. The molecule has 714 valence electrons. The lowest BCUT2D eigenvalue weighted by atomic mass is 9.95. The second kappa shape index (κ2) is 64.0. The van der Waals surface area contributed by atoms with Gasteiger partial charge in [-0.15, -0.1) is 0 Å². The van der Waals surface area contributed by atoms with Crippen LogP contribution < -0.4 is 0 Å². The van der Waals surface area contributed by atoms with Gasteiger partial charge >= 0.3 is 23.9 Å². The number of unbranched alkanes of at least 4 members (excludes halogenated alkanes) is 40. The number of carbonyl (C=O) groups excluding carboxylic acids is 4. The van der Waals surface area contributed by atoms with Crippen LogP contribution in [0.2, 0.25) is 0 Å². The summed E-state index contributed by atoms with van der Waals surface area (Å²) in [5.74, 6) is -2.63. The second-order valence-electron chi connectivity index (χ2n) is 36.7. The summed E-state index contributed by atoms with van der Waals surface area (Å²) in [5.41, 5.74) is 0. The molecule has 0 spiro atoms. The van der Waals surface area contributed by atoms with Crippen LogP contribution in [0.25, 0.3) is 0 Å². The number of fused-ring (bicyclic) bond motifs is 2. The van der Waals surface area contributed by atoms with Crippen molar-refractivity contribution in [3.05, 3.63) is 0 Å². The van der Waals surface area contributed by atoms with Gasteiger partial charge < -0.3 is 107 Å². The predicted octanol–water partition coefficient (Wildman–Crippen LogP) is 17.1. The topological polar surface area (TPSA) is 359 Å². The zero-order chi connectivity index (χ0) is 88.2. The summed E-state index contributed by atoms with van der Waals surface area (Å²) in [4.78, 5) is 56.0. The summed E-state index contributed by atoms with van der Waals surface area (Å²) in [7, 11) is 0.